The first-order chi connectivity index (χ1) is 6.34. The van der Waals surface area contributed by atoms with Gasteiger partial charge in [0.25, 0.3) is 0 Å². The van der Waals surface area contributed by atoms with Gasteiger partial charge >= 0.3 is 6.01 Å². The molecule has 13 heavy (non-hydrogen) atoms. The first kappa shape index (κ1) is 8.07. The van der Waals surface area contributed by atoms with Crippen molar-refractivity contribution in [3.8, 4) is 11.8 Å². The van der Waals surface area contributed by atoms with E-state index < -0.39 is 0 Å². The normalized spacial score (nSPS) is 9.92. The fourth-order valence-corrected chi connectivity index (χ4v) is 0.984. The van der Waals surface area contributed by atoms with E-state index in [9.17, 15) is 0 Å². The molecule has 0 radical (unpaired) electrons. The summed E-state index contributed by atoms with van der Waals surface area (Å²) in [5.41, 5.74) is 0. The number of nitrogens with one attached hydrogen (secondary N) is 1. The zero-order valence-corrected chi connectivity index (χ0v) is 7.32. The van der Waals surface area contributed by atoms with Crippen LogP contribution in [0.5, 0.6) is 11.8 Å². The maximum atomic E-state index is 5.70. The highest BCUT2D eigenvalue weighted by Crippen LogP contribution is 2.19. The molecule has 0 aliphatic rings. The molecular formula is C8H6ClN3O. The third-order valence-electron chi connectivity index (χ3n) is 1.42. The van der Waals surface area contributed by atoms with Crippen LogP contribution in [0, 0.1) is 0 Å². The summed E-state index contributed by atoms with van der Waals surface area (Å²) in [6, 6.07) is 7.36. The van der Waals surface area contributed by atoms with Crippen LogP contribution in [-0.4, -0.2) is 15.2 Å². The van der Waals surface area contributed by atoms with Gasteiger partial charge in [-0.3, -0.25) is 0 Å². The first-order valence-corrected chi connectivity index (χ1v) is 4.01. The fraction of sp³-hybridized carbons (Fsp3) is 0. The molecular weight excluding hydrogens is 190 g/mol. The molecule has 1 aromatic heterocycles. The summed E-state index contributed by atoms with van der Waals surface area (Å²) >= 11 is 5.70. The molecule has 0 saturated carbocycles. The Hall–Kier alpha value is -1.55. The van der Waals surface area contributed by atoms with Crippen LogP contribution in [0.25, 0.3) is 0 Å². The highest BCUT2D eigenvalue weighted by atomic mass is 35.5. The molecule has 66 valence electrons. The average Bonchev–Trinajstić information content (AvgIpc) is 2.62. The molecule has 0 amide bonds. The van der Waals surface area contributed by atoms with Gasteiger partial charge in [-0.1, -0.05) is 11.6 Å². The number of rotatable bonds is 2. The SMILES string of the molecule is Clc1ccc(Oc2ncn[nH]2)cc1. The minimum absolute atomic E-state index is 0.363. The summed E-state index contributed by atoms with van der Waals surface area (Å²) in [6.45, 7) is 0. The van der Waals surface area contributed by atoms with Crippen molar-refractivity contribution in [1.29, 1.82) is 0 Å². The molecule has 0 unspecified atom stereocenters. The molecule has 1 aromatic carbocycles. The van der Waals surface area contributed by atoms with Crippen molar-refractivity contribution in [1.82, 2.24) is 15.2 Å². The lowest BCUT2D eigenvalue weighted by Gasteiger charge is -1.99. The number of aromatic amines is 1. The van der Waals surface area contributed by atoms with Gasteiger partial charge in [-0.15, -0.1) is 0 Å². The number of hydrogen-bond acceptors (Lipinski definition) is 3. The van der Waals surface area contributed by atoms with Gasteiger partial charge in [-0.25, -0.2) is 5.10 Å². The predicted molar refractivity (Wildman–Crippen MR) is 47.9 cm³/mol. The minimum atomic E-state index is 0.363. The Labute approximate surface area is 79.5 Å². The van der Waals surface area contributed by atoms with Crippen LogP contribution in [0.3, 0.4) is 0 Å². The number of halogens is 1. The van der Waals surface area contributed by atoms with E-state index in [4.69, 9.17) is 16.3 Å². The van der Waals surface area contributed by atoms with E-state index >= 15 is 0 Å². The maximum Gasteiger partial charge on any atom is 0.317 e. The van der Waals surface area contributed by atoms with Crippen molar-refractivity contribution in [2.45, 2.75) is 0 Å². The van der Waals surface area contributed by atoms with E-state index in [1.807, 2.05) is 0 Å². The Morgan fingerprint density at radius 3 is 2.62 bits per heavy atom. The predicted octanol–water partition coefficient (Wildman–Crippen LogP) is 2.25. The van der Waals surface area contributed by atoms with Gasteiger partial charge in [0.2, 0.25) is 0 Å². The maximum absolute atomic E-state index is 5.70. The van der Waals surface area contributed by atoms with Gasteiger partial charge in [0.15, 0.2) is 0 Å². The van der Waals surface area contributed by atoms with Crippen LogP contribution in [-0.2, 0) is 0 Å². The number of H-pyrrole nitrogens is 1. The van der Waals surface area contributed by atoms with Crippen molar-refractivity contribution >= 4 is 11.6 Å². The molecule has 5 heteroatoms. The van der Waals surface area contributed by atoms with E-state index in [0.29, 0.717) is 16.8 Å². The van der Waals surface area contributed by atoms with E-state index in [2.05, 4.69) is 15.2 Å². The smallest absolute Gasteiger partial charge is 0.317 e. The lowest BCUT2D eigenvalue weighted by molar-refractivity contribution is 0.444. The number of hydrogen-bond donors (Lipinski definition) is 1. The van der Waals surface area contributed by atoms with Crippen molar-refractivity contribution in [2.24, 2.45) is 0 Å². The van der Waals surface area contributed by atoms with Crippen LogP contribution in [0.15, 0.2) is 30.6 Å². The van der Waals surface area contributed by atoms with Gasteiger partial charge in [0.05, 0.1) is 0 Å². The molecule has 1 heterocycles. The fourth-order valence-electron chi connectivity index (χ4n) is 0.858. The van der Waals surface area contributed by atoms with E-state index in [0.717, 1.165) is 0 Å². The van der Waals surface area contributed by atoms with Crippen molar-refractivity contribution in [2.75, 3.05) is 0 Å². The topological polar surface area (TPSA) is 50.8 Å². The van der Waals surface area contributed by atoms with Crippen molar-refractivity contribution in [3.63, 3.8) is 0 Å². The average molecular weight is 196 g/mol. The van der Waals surface area contributed by atoms with Crippen LogP contribution in [0.2, 0.25) is 5.02 Å². The first-order valence-electron chi connectivity index (χ1n) is 3.63. The largest absolute Gasteiger partial charge is 0.425 e. The highest BCUT2D eigenvalue weighted by Gasteiger charge is 1.98. The Balaban J connectivity index is 2.15. The molecule has 0 fully saturated rings. The molecule has 4 nitrogen and oxygen atoms in total. The molecule has 0 saturated heterocycles. The third kappa shape index (κ3) is 1.97. The molecule has 1 N–H and O–H groups in total. The molecule has 2 rings (SSSR count). The van der Waals surface area contributed by atoms with Crippen LogP contribution in [0.4, 0.5) is 0 Å². The van der Waals surface area contributed by atoms with Crippen LogP contribution >= 0.6 is 11.6 Å². The number of aromatic nitrogens is 3. The standard InChI is InChI=1S/C8H6ClN3O/c9-6-1-3-7(4-2-6)13-8-10-5-11-12-8/h1-5H,(H,10,11,12). The summed E-state index contributed by atoms with van der Waals surface area (Å²) in [7, 11) is 0. The zero-order chi connectivity index (χ0) is 9.10. The summed E-state index contributed by atoms with van der Waals surface area (Å²) in [6.07, 6.45) is 1.38. The summed E-state index contributed by atoms with van der Waals surface area (Å²) in [5, 5.41) is 6.90. The Bertz CT molecular complexity index is 371. The van der Waals surface area contributed by atoms with Crippen molar-refractivity contribution in [3.05, 3.63) is 35.6 Å². The monoisotopic (exact) mass is 195 g/mol. The van der Waals surface area contributed by atoms with E-state index in [-0.39, 0.29) is 0 Å². The van der Waals surface area contributed by atoms with E-state index in [1.165, 1.54) is 6.33 Å². The highest BCUT2D eigenvalue weighted by molar-refractivity contribution is 6.30. The lowest BCUT2D eigenvalue weighted by atomic mass is 10.3. The molecule has 2 aromatic rings. The molecule has 0 atom stereocenters. The zero-order valence-electron chi connectivity index (χ0n) is 6.57. The van der Waals surface area contributed by atoms with Gasteiger partial charge in [-0.2, -0.15) is 10.1 Å². The number of benzene rings is 1. The second-order valence-electron chi connectivity index (χ2n) is 2.35. The number of ether oxygens (including phenoxy) is 1. The second-order valence-corrected chi connectivity index (χ2v) is 2.78. The molecule has 0 spiro atoms. The Morgan fingerprint density at radius 2 is 2.00 bits per heavy atom. The Kier molecular flexibility index (Phi) is 2.14. The van der Waals surface area contributed by atoms with Crippen LogP contribution in [0.1, 0.15) is 0 Å². The van der Waals surface area contributed by atoms with Crippen LogP contribution < -0.4 is 4.74 Å². The summed E-state index contributed by atoms with van der Waals surface area (Å²) in [5.74, 6) is 0.668. The summed E-state index contributed by atoms with van der Waals surface area (Å²) < 4.78 is 5.29. The van der Waals surface area contributed by atoms with Gasteiger partial charge in [0, 0.05) is 5.02 Å². The quantitative estimate of drug-likeness (QED) is 0.800. The lowest BCUT2D eigenvalue weighted by Crippen LogP contribution is -1.85. The molecule has 0 bridgehead atoms. The summed E-state index contributed by atoms with van der Waals surface area (Å²) in [4.78, 5) is 3.81. The Morgan fingerprint density at radius 1 is 1.23 bits per heavy atom. The van der Waals surface area contributed by atoms with Gasteiger partial charge < -0.3 is 4.74 Å². The van der Waals surface area contributed by atoms with E-state index in [1.54, 1.807) is 24.3 Å². The molecule has 0 aliphatic heterocycles. The number of nitrogens with zero attached hydrogens (tertiary/aromatic N) is 2. The van der Waals surface area contributed by atoms with Crippen molar-refractivity contribution < 1.29 is 4.74 Å². The third-order valence-corrected chi connectivity index (χ3v) is 1.67. The molecule has 0 aliphatic carbocycles. The van der Waals surface area contributed by atoms with Gasteiger partial charge in [0.1, 0.15) is 12.1 Å². The second kappa shape index (κ2) is 3.45. The minimum Gasteiger partial charge on any atom is -0.425 e. The van der Waals surface area contributed by atoms with Gasteiger partial charge in [-0.05, 0) is 24.3 Å².